The largest absolute Gasteiger partial charge is 0.494 e. The number of benzene rings is 1. The molecule has 0 bridgehead atoms. The number of hydrogen-bond donors (Lipinski definition) is 0. The van der Waals surface area contributed by atoms with Crippen molar-refractivity contribution in [2.24, 2.45) is 0 Å². The van der Waals surface area contributed by atoms with Crippen LogP contribution in [0.1, 0.15) is 39.5 Å². The second-order valence-corrected chi connectivity index (χ2v) is 7.71. The zero-order chi connectivity index (χ0) is 17.5. The molecular weight excluding hydrogens is 310 g/mol. The lowest BCUT2D eigenvalue weighted by molar-refractivity contribution is 0.205. The van der Waals surface area contributed by atoms with Crippen molar-refractivity contribution in [1.29, 1.82) is 0 Å². The van der Waals surface area contributed by atoms with Crippen molar-refractivity contribution in [2.75, 3.05) is 57.3 Å². The average molecular weight is 346 g/mol. The van der Waals surface area contributed by atoms with E-state index < -0.39 is 0 Å². The van der Waals surface area contributed by atoms with E-state index >= 15 is 0 Å². The maximum Gasteiger partial charge on any atom is 0.119 e. The molecule has 3 rings (SSSR count). The molecule has 4 heteroatoms. The number of piperidine rings is 1. The van der Waals surface area contributed by atoms with Gasteiger partial charge in [0.05, 0.1) is 6.61 Å². The van der Waals surface area contributed by atoms with Gasteiger partial charge in [0.25, 0.3) is 0 Å². The quantitative estimate of drug-likeness (QED) is 0.704. The van der Waals surface area contributed by atoms with E-state index in [2.05, 4.69) is 52.8 Å². The van der Waals surface area contributed by atoms with Crippen molar-refractivity contribution in [1.82, 2.24) is 9.80 Å². The fourth-order valence-corrected chi connectivity index (χ4v) is 3.91. The van der Waals surface area contributed by atoms with Crippen LogP contribution in [-0.2, 0) is 0 Å². The summed E-state index contributed by atoms with van der Waals surface area (Å²) in [4.78, 5) is 7.61. The lowest BCUT2D eigenvalue weighted by Crippen LogP contribution is -2.48. The van der Waals surface area contributed by atoms with Crippen LogP contribution < -0.4 is 9.64 Å². The predicted molar refractivity (Wildman–Crippen MR) is 106 cm³/mol. The molecule has 0 unspecified atom stereocenters. The molecule has 0 saturated carbocycles. The Morgan fingerprint density at radius 2 is 1.56 bits per heavy atom. The molecule has 0 radical (unpaired) electrons. The molecule has 2 aliphatic rings. The van der Waals surface area contributed by atoms with Crippen LogP contribution in [0.2, 0.25) is 0 Å². The normalized spacial score (nSPS) is 20.2. The summed E-state index contributed by atoms with van der Waals surface area (Å²) in [5.74, 6) is 1.00. The van der Waals surface area contributed by atoms with Gasteiger partial charge >= 0.3 is 0 Å². The Morgan fingerprint density at radius 1 is 0.880 bits per heavy atom. The van der Waals surface area contributed by atoms with Crippen LogP contribution in [0.4, 0.5) is 5.69 Å². The molecule has 1 aromatic rings. The third-order valence-corrected chi connectivity index (χ3v) is 5.58. The molecule has 0 N–H and O–H groups in total. The molecule has 25 heavy (non-hydrogen) atoms. The molecule has 0 amide bonds. The molecule has 2 saturated heterocycles. The van der Waals surface area contributed by atoms with Gasteiger partial charge in [0.15, 0.2) is 0 Å². The van der Waals surface area contributed by atoms with Crippen molar-refractivity contribution in [3.8, 4) is 5.75 Å². The van der Waals surface area contributed by atoms with E-state index in [4.69, 9.17) is 4.74 Å². The molecule has 4 nitrogen and oxygen atoms in total. The number of rotatable bonds is 7. The second-order valence-electron chi connectivity index (χ2n) is 7.71. The first-order valence-corrected chi connectivity index (χ1v) is 10.2. The van der Waals surface area contributed by atoms with Crippen molar-refractivity contribution < 1.29 is 4.74 Å². The van der Waals surface area contributed by atoms with Gasteiger partial charge < -0.3 is 14.5 Å². The van der Waals surface area contributed by atoms with Crippen molar-refractivity contribution >= 4 is 5.69 Å². The van der Waals surface area contributed by atoms with Gasteiger partial charge in [0.1, 0.15) is 5.75 Å². The minimum absolute atomic E-state index is 0.655. The van der Waals surface area contributed by atoms with Crippen LogP contribution in [0, 0.1) is 0 Å². The first-order valence-electron chi connectivity index (χ1n) is 10.2. The van der Waals surface area contributed by atoms with Crippen molar-refractivity contribution in [2.45, 2.75) is 45.6 Å². The Bertz CT molecular complexity index is 488. The van der Waals surface area contributed by atoms with E-state index in [-0.39, 0.29) is 0 Å². The average Bonchev–Trinajstić information content (AvgIpc) is 2.67. The fraction of sp³-hybridized carbons (Fsp3) is 0.714. The summed E-state index contributed by atoms with van der Waals surface area (Å²) in [6, 6.07) is 9.34. The van der Waals surface area contributed by atoms with Crippen LogP contribution in [0.5, 0.6) is 5.75 Å². The summed E-state index contributed by atoms with van der Waals surface area (Å²) in [7, 11) is 0. The zero-order valence-corrected chi connectivity index (χ0v) is 16.1. The van der Waals surface area contributed by atoms with E-state index in [1.165, 1.54) is 44.6 Å². The van der Waals surface area contributed by atoms with E-state index in [0.29, 0.717) is 6.04 Å². The Labute approximate surface area is 153 Å². The second kappa shape index (κ2) is 9.44. The Morgan fingerprint density at radius 3 is 2.20 bits per heavy atom. The van der Waals surface area contributed by atoms with Gasteiger partial charge in [-0.2, -0.15) is 0 Å². The van der Waals surface area contributed by atoms with Crippen molar-refractivity contribution in [3.05, 3.63) is 24.3 Å². The SMILES string of the molecule is CC(C)N1CCN(c2ccc(OCCCN3CCCCC3)cc2)CC1. The zero-order valence-electron chi connectivity index (χ0n) is 16.1. The summed E-state index contributed by atoms with van der Waals surface area (Å²) < 4.78 is 5.93. The van der Waals surface area contributed by atoms with Gasteiger partial charge in [-0.15, -0.1) is 0 Å². The predicted octanol–water partition coefficient (Wildman–Crippen LogP) is 3.47. The first kappa shape index (κ1) is 18.5. The number of likely N-dealkylation sites (tertiary alicyclic amines) is 1. The minimum atomic E-state index is 0.655. The van der Waals surface area contributed by atoms with Gasteiger partial charge in [-0.25, -0.2) is 0 Å². The topological polar surface area (TPSA) is 19.0 Å². The molecule has 2 aliphatic heterocycles. The lowest BCUT2D eigenvalue weighted by atomic mass is 10.1. The van der Waals surface area contributed by atoms with Gasteiger partial charge in [0.2, 0.25) is 0 Å². The highest BCUT2D eigenvalue weighted by Crippen LogP contribution is 2.21. The van der Waals surface area contributed by atoms with E-state index in [0.717, 1.165) is 45.0 Å². The number of ether oxygens (including phenoxy) is 1. The van der Waals surface area contributed by atoms with Gasteiger partial charge in [-0.1, -0.05) is 6.42 Å². The van der Waals surface area contributed by atoms with Crippen LogP contribution >= 0.6 is 0 Å². The Hall–Kier alpha value is -1.26. The molecule has 2 heterocycles. The molecule has 140 valence electrons. The number of nitrogens with zero attached hydrogens (tertiary/aromatic N) is 3. The summed E-state index contributed by atoms with van der Waals surface area (Å²) >= 11 is 0. The van der Waals surface area contributed by atoms with Gasteiger partial charge in [-0.3, -0.25) is 4.90 Å². The Balaban J connectivity index is 1.37. The maximum absolute atomic E-state index is 5.93. The number of hydrogen-bond acceptors (Lipinski definition) is 4. The highest BCUT2D eigenvalue weighted by atomic mass is 16.5. The van der Waals surface area contributed by atoms with Crippen LogP contribution in [0.3, 0.4) is 0 Å². The highest BCUT2D eigenvalue weighted by Gasteiger charge is 2.18. The molecule has 1 aromatic carbocycles. The molecule has 0 spiro atoms. The maximum atomic E-state index is 5.93. The summed E-state index contributed by atoms with van der Waals surface area (Å²) in [5, 5.41) is 0. The number of piperazine rings is 1. The van der Waals surface area contributed by atoms with Crippen LogP contribution in [0.25, 0.3) is 0 Å². The van der Waals surface area contributed by atoms with Gasteiger partial charge in [-0.05, 0) is 70.5 Å². The number of anilines is 1. The van der Waals surface area contributed by atoms with E-state index in [1.807, 2.05) is 0 Å². The summed E-state index contributed by atoms with van der Waals surface area (Å²) in [5.41, 5.74) is 1.32. The van der Waals surface area contributed by atoms with E-state index in [9.17, 15) is 0 Å². The third kappa shape index (κ3) is 5.61. The van der Waals surface area contributed by atoms with Crippen LogP contribution in [0.15, 0.2) is 24.3 Å². The molecule has 2 fully saturated rings. The third-order valence-electron chi connectivity index (χ3n) is 5.58. The highest BCUT2D eigenvalue weighted by molar-refractivity contribution is 5.49. The van der Waals surface area contributed by atoms with E-state index in [1.54, 1.807) is 0 Å². The summed E-state index contributed by atoms with van der Waals surface area (Å²) in [6.45, 7) is 13.7. The molecule has 0 aliphatic carbocycles. The molecule has 0 aromatic heterocycles. The smallest absolute Gasteiger partial charge is 0.119 e. The standard InChI is InChI=1S/C21H35N3O/c1-19(2)23-14-16-24(17-15-23)20-7-9-21(10-8-20)25-18-6-13-22-11-4-3-5-12-22/h7-10,19H,3-6,11-18H2,1-2H3. The fourth-order valence-electron chi connectivity index (χ4n) is 3.91. The molecular formula is C21H35N3O. The van der Waals surface area contributed by atoms with Crippen LogP contribution in [-0.4, -0.2) is 68.3 Å². The monoisotopic (exact) mass is 345 g/mol. The minimum Gasteiger partial charge on any atom is -0.494 e. The first-order chi connectivity index (χ1) is 12.2. The summed E-state index contributed by atoms with van der Waals surface area (Å²) in [6.07, 6.45) is 5.27. The van der Waals surface area contributed by atoms with Gasteiger partial charge in [0, 0.05) is 44.5 Å². The Kier molecular flexibility index (Phi) is 7.00. The lowest BCUT2D eigenvalue weighted by Gasteiger charge is -2.38. The van der Waals surface area contributed by atoms with Crippen molar-refractivity contribution in [3.63, 3.8) is 0 Å². The molecule has 0 atom stereocenters.